The minimum absolute atomic E-state index is 0.0560. The summed E-state index contributed by atoms with van der Waals surface area (Å²) in [6, 6.07) is 26.1. The van der Waals surface area contributed by atoms with Gasteiger partial charge in [-0.25, -0.2) is 4.68 Å². The molecule has 0 saturated heterocycles. The van der Waals surface area contributed by atoms with E-state index in [1.165, 1.54) is 4.68 Å². The molecular formula is C24H18BrN3O2. The quantitative estimate of drug-likeness (QED) is 0.460. The van der Waals surface area contributed by atoms with E-state index >= 15 is 0 Å². The second-order valence-electron chi connectivity index (χ2n) is 6.72. The van der Waals surface area contributed by atoms with Crippen LogP contribution in [0.4, 0.5) is 5.69 Å². The first-order chi connectivity index (χ1) is 14.5. The van der Waals surface area contributed by atoms with Crippen LogP contribution in [0.3, 0.4) is 0 Å². The average molecular weight is 460 g/mol. The van der Waals surface area contributed by atoms with E-state index < -0.39 is 11.5 Å². The van der Waals surface area contributed by atoms with E-state index in [4.69, 9.17) is 0 Å². The maximum Gasteiger partial charge on any atom is 0.280 e. The van der Waals surface area contributed by atoms with Crippen LogP contribution in [0.1, 0.15) is 10.4 Å². The number of nitrogens with one attached hydrogen (secondary N) is 1. The van der Waals surface area contributed by atoms with Crippen molar-refractivity contribution in [3.8, 4) is 22.4 Å². The molecule has 0 aliphatic rings. The van der Waals surface area contributed by atoms with E-state index in [-0.39, 0.29) is 5.56 Å². The second-order valence-corrected chi connectivity index (χ2v) is 7.64. The molecule has 1 N–H and O–H groups in total. The largest absolute Gasteiger partial charge is 0.322 e. The van der Waals surface area contributed by atoms with E-state index in [1.807, 2.05) is 72.8 Å². The summed E-state index contributed by atoms with van der Waals surface area (Å²) in [5.74, 6) is -0.476. The third-order valence-corrected chi connectivity index (χ3v) is 5.21. The van der Waals surface area contributed by atoms with Crippen molar-refractivity contribution in [3.05, 3.63) is 105 Å². The summed E-state index contributed by atoms with van der Waals surface area (Å²) in [6.07, 6.45) is 0. The SMILES string of the molecule is Cn1nc(-c2ccccc2)c(-c2ccccc2)c(C(=O)Nc2ccc(Br)cc2)c1=O. The highest BCUT2D eigenvalue weighted by Gasteiger charge is 2.24. The number of halogens is 1. The molecule has 0 fully saturated rings. The predicted octanol–water partition coefficient (Wildman–Crippen LogP) is 5.13. The Morgan fingerprint density at radius 3 is 2.03 bits per heavy atom. The van der Waals surface area contributed by atoms with Crippen LogP contribution in [-0.2, 0) is 7.05 Å². The highest BCUT2D eigenvalue weighted by Crippen LogP contribution is 2.32. The topological polar surface area (TPSA) is 64.0 Å². The molecule has 0 atom stereocenters. The number of amides is 1. The van der Waals surface area contributed by atoms with Crippen molar-refractivity contribution in [2.24, 2.45) is 7.05 Å². The van der Waals surface area contributed by atoms with Gasteiger partial charge in [0.05, 0.1) is 5.69 Å². The van der Waals surface area contributed by atoms with E-state index in [0.29, 0.717) is 16.9 Å². The molecular weight excluding hydrogens is 442 g/mol. The zero-order valence-electron chi connectivity index (χ0n) is 16.2. The molecule has 1 aromatic heterocycles. The molecule has 5 nitrogen and oxygen atoms in total. The number of carbonyl (C=O) groups is 1. The van der Waals surface area contributed by atoms with Crippen molar-refractivity contribution in [2.45, 2.75) is 0 Å². The lowest BCUT2D eigenvalue weighted by Crippen LogP contribution is -2.31. The van der Waals surface area contributed by atoms with Crippen LogP contribution in [0, 0.1) is 0 Å². The van der Waals surface area contributed by atoms with E-state index in [0.717, 1.165) is 15.6 Å². The van der Waals surface area contributed by atoms with Crippen molar-refractivity contribution in [2.75, 3.05) is 5.32 Å². The van der Waals surface area contributed by atoms with Gasteiger partial charge in [-0.3, -0.25) is 9.59 Å². The van der Waals surface area contributed by atoms with Crippen LogP contribution >= 0.6 is 15.9 Å². The molecule has 148 valence electrons. The molecule has 4 aromatic rings. The van der Waals surface area contributed by atoms with Crippen LogP contribution in [-0.4, -0.2) is 15.7 Å². The third kappa shape index (κ3) is 3.95. The van der Waals surface area contributed by atoms with Gasteiger partial charge >= 0.3 is 0 Å². The molecule has 1 heterocycles. The van der Waals surface area contributed by atoms with Gasteiger partial charge in [-0.15, -0.1) is 0 Å². The summed E-state index contributed by atoms with van der Waals surface area (Å²) in [5.41, 5.74) is 2.86. The van der Waals surface area contributed by atoms with Crippen molar-refractivity contribution in [1.29, 1.82) is 0 Å². The summed E-state index contributed by atoms with van der Waals surface area (Å²) in [7, 11) is 1.56. The van der Waals surface area contributed by atoms with Crippen LogP contribution in [0.5, 0.6) is 0 Å². The maximum absolute atomic E-state index is 13.3. The van der Waals surface area contributed by atoms with Crippen LogP contribution in [0.15, 0.2) is 94.2 Å². The Kier molecular flexibility index (Phi) is 5.59. The molecule has 0 saturated carbocycles. The monoisotopic (exact) mass is 459 g/mol. The molecule has 0 aliphatic heterocycles. The summed E-state index contributed by atoms with van der Waals surface area (Å²) < 4.78 is 2.11. The van der Waals surface area contributed by atoms with Gasteiger partial charge in [0, 0.05) is 28.3 Å². The van der Waals surface area contributed by atoms with E-state index in [1.54, 1.807) is 19.2 Å². The molecule has 0 spiro atoms. The molecule has 3 aromatic carbocycles. The number of carbonyl (C=O) groups excluding carboxylic acids is 1. The van der Waals surface area contributed by atoms with Crippen LogP contribution in [0.2, 0.25) is 0 Å². The van der Waals surface area contributed by atoms with Gasteiger partial charge in [-0.05, 0) is 29.8 Å². The number of nitrogens with zero attached hydrogens (tertiary/aromatic N) is 2. The Balaban J connectivity index is 1.94. The van der Waals surface area contributed by atoms with Gasteiger partial charge in [0.15, 0.2) is 0 Å². The molecule has 1 amide bonds. The fraction of sp³-hybridized carbons (Fsp3) is 0.0417. The molecule has 0 unspecified atom stereocenters. The number of hydrogen-bond acceptors (Lipinski definition) is 3. The summed E-state index contributed by atoms with van der Waals surface area (Å²) in [4.78, 5) is 26.4. The molecule has 4 rings (SSSR count). The van der Waals surface area contributed by atoms with E-state index in [9.17, 15) is 9.59 Å². The number of hydrogen-bond donors (Lipinski definition) is 1. The maximum atomic E-state index is 13.3. The predicted molar refractivity (Wildman–Crippen MR) is 122 cm³/mol. The standard InChI is InChI=1S/C24H18BrN3O2/c1-28-24(30)21(23(29)26-19-14-12-18(25)13-15-19)20(16-8-4-2-5-9-16)22(27-28)17-10-6-3-7-11-17/h2-15H,1H3,(H,26,29). The van der Waals surface area contributed by atoms with Crippen LogP contribution in [0.25, 0.3) is 22.4 Å². The van der Waals surface area contributed by atoms with Gasteiger partial charge in [0.1, 0.15) is 5.56 Å². The zero-order chi connectivity index (χ0) is 21.1. The Morgan fingerprint density at radius 1 is 0.867 bits per heavy atom. The lowest BCUT2D eigenvalue weighted by Gasteiger charge is -2.16. The number of aryl methyl sites for hydroxylation is 1. The first-order valence-corrected chi connectivity index (χ1v) is 10.1. The lowest BCUT2D eigenvalue weighted by atomic mass is 9.95. The first-order valence-electron chi connectivity index (χ1n) is 9.33. The molecule has 0 aliphatic carbocycles. The van der Waals surface area contributed by atoms with Crippen molar-refractivity contribution in [1.82, 2.24) is 9.78 Å². The van der Waals surface area contributed by atoms with Crippen molar-refractivity contribution in [3.63, 3.8) is 0 Å². The highest BCUT2D eigenvalue weighted by molar-refractivity contribution is 9.10. The molecule has 6 heteroatoms. The zero-order valence-corrected chi connectivity index (χ0v) is 17.8. The Hall–Kier alpha value is -3.51. The van der Waals surface area contributed by atoms with Gasteiger partial charge in [0.25, 0.3) is 11.5 Å². The number of rotatable bonds is 4. The van der Waals surface area contributed by atoms with Gasteiger partial charge in [0.2, 0.25) is 0 Å². The lowest BCUT2D eigenvalue weighted by molar-refractivity contribution is 0.102. The van der Waals surface area contributed by atoms with Gasteiger partial charge < -0.3 is 5.32 Å². The number of benzene rings is 3. The fourth-order valence-electron chi connectivity index (χ4n) is 3.25. The molecule has 30 heavy (non-hydrogen) atoms. The molecule has 0 bridgehead atoms. The second kappa shape index (κ2) is 8.47. The van der Waals surface area contributed by atoms with Gasteiger partial charge in [-0.1, -0.05) is 76.6 Å². The van der Waals surface area contributed by atoms with Crippen molar-refractivity contribution < 1.29 is 4.79 Å². The normalized spacial score (nSPS) is 10.6. The average Bonchev–Trinajstić information content (AvgIpc) is 2.78. The number of anilines is 1. The van der Waals surface area contributed by atoms with Gasteiger partial charge in [-0.2, -0.15) is 5.10 Å². The highest BCUT2D eigenvalue weighted by atomic mass is 79.9. The fourth-order valence-corrected chi connectivity index (χ4v) is 3.52. The number of aromatic nitrogens is 2. The van der Waals surface area contributed by atoms with E-state index in [2.05, 4.69) is 26.3 Å². The Labute approximate surface area is 182 Å². The van der Waals surface area contributed by atoms with Crippen LogP contribution < -0.4 is 10.9 Å². The Morgan fingerprint density at radius 2 is 1.43 bits per heavy atom. The first kappa shape index (κ1) is 19.8. The summed E-state index contributed by atoms with van der Waals surface area (Å²) in [6.45, 7) is 0. The van der Waals surface area contributed by atoms with Crippen molar-refractivity contribution >= 4 is 27.5 Å². The summed E-state index contributed by atoms with van der Waals surface area (Å²) in [5, 5.41) is 7.34. The summed E-state index contributed by atoms with van der Waals surface area (Å²) >= 11 is 3.38. The Bertz CT molecular complexity index is 1250. The smallest absolute Gasteiger partial charge is 0.280 e. The minimum Gasteiger partial charge on any atom is -0.322 e. The third-order valence-electron chi connectivity index (χ3n) is 4.68. The minimum atomic E-state index is -0.476. The molecule has 0 radical (unpaired) electrons.